The zero-order valence-corrected chi connectivity index (χ0v) is 15.6. The lowest BCUT2D eigenvalue weighted by molar-refractivity contribution is -0.115. The van der Waals surface area contributed by atoms with E-state index in [1.807, 2.05) is 45.2 Å². The number of aromatic nitrogens is 2. The van der Waals surface area contributed by atoms with E-state index in [0.717, 1.165) is 28.1 Å². The van der Waals surface area contributed by atoms with Crippen LogP contribution in [0, 0.1) is 20.8 Å². The largest absolute Gasteiger partial charge is 0.343 e. The summed E-state index contributed by atoms with van der Waals surface area (Å²) in [5.41, 5.74) is 5.29. The Bertz CT molecular complexity index is 937. The lowest BCUT2D eigenvalue weighted by Gasteiger charge is -2.13. The van der Waals surface area contributed by atoms with E-state index < -0.39 is 0 Å². The van der Waals surface area contributed by atoms with Crippen molar-refractivity contribution in [1.29, 1.82) is 0 Å². The monoisotopic (exact) mass is 362 g/mol. The Morgan fingerprint density at radius 3 is 2.30 bits per heavy atom. The maximum Gasteiger partial charge on any atom is 0.251 e. The first-order valence-corrected chi connectivity index (χ1v) is 8.70. The Morgan fingerprint density at radius 2 is 1.70 bits per heavy atom. The molecule has 0 atom stereocenters. The van der Waals surface area contributed by atoms with Crippen molar-refractivity contribution in [2.24, 2.45) is 0 Å². The van der Waals surface area contributed by atoms with Crippen molar-refractivity contribution in [1.82, 2.24) is 15.1 Å². The maximum absolute atomic E-state index is 12.3. The molecule has 1 aromatic heterocycles. The van der Waals surface area contributed by atoms with Crippen LogP contribution in [0.1, 0.15) is 27.0 Å². The fourth-order valence-electron chi connectivity index (χ4n) is 3.01. The molecule has 0 aliphatic rings. The fourth-order valence-corrected chi connectivity index (χ4v) is 3.01. The highest BCUT2D eigenvalue weighted by molar-refractivity contribution is 5.99. The molecule has 0 spiro atoms. The maximum atomic E-state index is 12.3. The first-order chi connectivity index (χ1) is 12.9. The average Bonchev–Trinajstić information content (AvgIpc) is 3.17. The molecule has 6 heteroatoms. The van der Waals surface area contributed by atoms with E-state index in [1.54, 1.807) is 35.1 Å². The molecule has 2 aromatic carbocycles. The molecule has 138 valence electrons. The molecule has 3 aromatic rings. The summed E-state index contributed by atoms with van der Waals surface area (Å²) in [4.78, 5) is 24.5. The van der Waals surface area contributed by atoms with Crippen LogP contribution in [0.4, 0.5) is 5.69 Å². The second-order valence-corrected chi connectivity index (χ2v) is 6.50. The van der Waals surface area contributed by atoms with E-state index in [9.17, 15) is 9.59 Å². The molecule has 27 heavy (non-hydrogen) atoms. The molecule has 0 aliphatic heterocycles. The number of aryl methyl sites for hydroxylation is 3. The quantitative estimate of drug-likeness (QED) is 0.732. The number of carbonyl (C=O) groups excluding carboxylic acids is 2. The number of hydrogen-bond donors (Lipinski definition) is 2. The standard InChI is InChI=1S/C21H22N4O2/c1-14-11-15(2)20(16(3)12-14)24-19(26)13-22-21(27)17-5-7-18(8-6-17)25-10-4-9-23-25/h4-12H,13H2,1-3H3,(H,22,27)(H,24,26). The second-order valence-electron chi connectivity index (χ2n) is 6.50. The highest BCUT2D eigenvalue weighted by Crippen LogP contribution is 2.21. The molecule has 0 unspecified atom stereocenters. The molecule has 1 heterocycles. The molecule has 2 N–H and O–H groups in total. The van der Waals surface area contributed by atoms with Gasteiger partial charge in [0.1, 0.15) is 0 Å². The van der Waals surface area contributed by atoms with Crippen molar-refractivity contribution >= 4 is 17.5 Å². The first-order valence-electron chi connectivity index (χ1n) is 8.70. The smallest absolute Gasteiger partial charge is 0.251 e. The molecule has 0 saturated heterocycles. The van der Waals surface area contributed by atoms with Gasteiger partial charge >= 0.3 is 0 Å². The zero-order chi connectivity index (χ0) is 19.4. The van der Waals surface area contributed by atoms with Crippen molar-refractivity contribution in [2.45, 2.75) is 20.8 Å². The Balaban J connectivity index is 1.58. The van der Waals surface area contributed by atoms with E-state index in [0.29, 0.717) is 5.56 Å². The molecule has 2 amide bonds. The van der Waals surface area contributed by atoms with Gasteiger partial charge in [-0.2, -0.15) is 5.10 Å². The second kappa shape index (κ2) is 7.86. The summed E-state index contributed by atoms with van der Waals surface area (Å²) >= 11 is 0. The van der Waals surface area contributed by atoms with Crippen LogP contribution in [0.5, 0.6) is 0 Å². The highest BCUT2D eigenvalue weighted by Gasteiger charge is 2.11. The fraction of sp³-hybridized carbons (Fsp3) is 0.190. The first kappa shape index (κ1) is 18.4. The van der Waals surface area contributed by atoms with Gasteiger partial charge in [0.15, 0.2) is 0 Å². The molecule has 0 radical (unpaired) electrons. The van der Waals surface area contributed by atoms with Gasteiger partial charge in [0.25, 0.3) is 5.91 Å². The number of nitrogens with zero attached hydrogens (tertiary/aromatic N) is 2. The summed E-state index contributed by atoms with van der Waals surface area (Å²) in [5.74, 6) is -0.555. The predicted octanol–water partition coefficient (Wildman–Crippen LogP) is 3.17. The van der Waals surface area contributed by atoms with Crippen molar-refractivity contribution in [3.8, 4) is 5.69 Å². The van der Waals surface area contributed by atoms with Crippen molar-refractivity contribution in [3.63, 3.8) is 0 Å². The van der Waals surface area contributed by atoms with Crippen molar-refractivity contribution in [2.75, 3.05) is 11.9 Å². The average molecular weight is 362 g/mol. The summed E-state index contributed by atoms with van der Waals surface area (Å²) in [6.45, 7) is 5.83. The zero-order valence-electron chi connectivity index (χ0n) is 15.6. The van der Waals surface area contributed by atoms with Gasteiger partial charge < -0.3 is 10.6 Å². The molecular weight excluding hydrogens is 340 g/mol. The van der Waals surface area contributed by atoms with Gasteiger partial charge in [-0.3, -0.25) is 9.59 Å². The van der Waals surface area contributed by atoms with Gasteiger partial charge in [0.2, 0.25) is 5.91 Å². The predicted molar refractivity (Wildman–Crippen MR) is 105 cm³/mol. The molecule has 0 bridgehead atoms. The van der Waals surface area contributed by atoms with E-state index in [4.69, 9.17) is 0 Å². The van der Waals surface area contributed by atoms with E-state index in [-0.39, 0.29) is 18.4 Å². The lowest BCUT2D eigenvalue weighted by Crippen LogP contribution is -2.33. The normalized spacial score (nSPS) is 10.5. The van der Waals surface area contributed by atoms with Crippen LogP contribution in [0.15, 0.2) is 54.9 Å². The SMILES string of the molecule is Cc1cc(C)c(NC(=O)CNC(=O)c2ccc(-n3cccn3)cc2)c(C)c1. The topological polar surface area (TPSA) is 76.0 Å². The van der Waals surface area contributed by atoms with Crippen LogP contribution in [0.25, 0.3) is 5.69 Å². The number of nitrogens with one attached hydrogen (secondary N) is 2. The minimum Gasteiger partial charge on any atom is -0.343 e. The van der Waals surface area contributed by atoms with Gasteiger partial charge in [-0.15, -0.1) is 0 Å². The van der Waals surface area contributed by atoms with Crippen LogP contribution >= 0.6 is 0 Å². The number of anilines is 1. The Labute approximate surface area is 158 Å². The Kier molecular flexibility index (Phi) is 5.35. The van der Waals surface area contributed by atoms with E-state index in [1.165, 1.54) is 0 Å². The molecule has 3 rings (SSSR count). The van der Waals surface area contributed by atoms with Crippen molar-refractivity contribution in [3.05, 3.63) is 77.1 Å². The van der Waals surface area contributed by atoms with Crippen LogP contribution in [0.3, 0.4) is 0 Å². The van der Waals surface area contributed by atoms with E-state index >= 15 is 0 Å². The number of rotatable bonds is 5. The van der Waals surface area contributed by atoms with Crippen LogP contribution in [-0.4, -0.2) is 28.1 Å². The summed E-state index contributed by atoms with van der Waals surface area (Å²) in [6, 6.07) is 12.9. The van der Waals surface area contributed by atoms with E-state index in [2.05, 4.69) is 15.7 Å². The third-order valence-electron chi connectivity index (χ3n) is 4.25. The minimum atomic E-state index is -0.297. The molecule has 0 aliphatic carbocycles. The Morgan fingerprint density at radius 1 is 1.04 bits per heavy atom. The molecule has 6 nitrogen and oxygen atoms in total. The Hall–Kier alpha value is -3.41. The minimum absolute atomic E-state index is 0.0908. The summed E-state index contributed by atoms with van der Waals surface area (Å²) < 4.78 is 1.71. The van der Waals surface area contributed by atoms with Gasteiger partial charge in [-0.1, -0.05) is 17.7 Å². The number of amides is 2. The number of benzene rings is 2. The van der Waals surface area contributed by atoms with Crippen LogP contribution in [0.2, 0.25) is 0 Å². The summed E-state index contributed by atoms with van der Waals surface area (Å²) in [5, 5.41) is 9.67. The summed E-state index contributed by atoms with van der Waals surface area (Å²) in [6.07, 6.45) is 3.52. The van der Waals surface area contributed by atoms with Gasteiger partial charge in [0, 0.05) is 23.6 Å². The van der Waals surface area contributed by atoms with Gasteiger partial charge in [0.05, 0.1) is 12.2 Å². The molecule has 0 fully saturated rings. The highest BCUT2D eigenvalue weighted by atomic mass is 16.2. The van der Waals surface area contributed by atoms with Crippen LogP contribution < -0.4 is 10.6 Å². The van der Waals surface area contributed by atoms with Crippen LogP contribution in [-0.2, 0) is 4.79 Å². The van der Waals surface area contributed by atoms with Crippen molar-refractivity contribution < 1.29 is 9.59 Å². The lowest BCUT2D eigenvalue weighted by atomic mass is 10.1. The summed E-state index contributed by atoms with van der Waals surface area (Å²) in [7, 11) is 0. The number of carbonyl (C=O) groups is 2. The number of hydrogen-bond acceptors (Lipinski definition) is 3. The van der Waals surface area contributed by atoms with Gasteiger partial charge in [-0.25, -0.2) is 4.68 Å². The third kappa shape index (κ3) is 4.41. The van der Waals surface area contributed by atoms with Gasteiger partial charge in [-0.05, 0) is 62.2 Å². The molecular formula is C21H22N4O2. The molecule has 0 saturated carbocycles. The third-order valence-corrected chi connectivity index (χ3v) is 4.25.